The highest BCUT2D eigenvalue weighted by molar-refractivity contribution is 6.08. The molecule has 0 spiro atoms. The van der Waals surface area contributed by atoms with Crippen LogP contribution in [-0.2, 0) is 11.3 Å². The number of methoxy groups -OCH3 is 1. The Labute approximate surface area is 131 Å². The number of para-hydroxylation sites is 1. The Morgan fingerprint density at radius 2 is 2.09 bits per heavy atom. The Bertz CT molecular complexity index is 768. The SMILES string of the molecule is CCn1cc([N+](=O)[O-])c(C(=O)Nc2ccccc2C(=O)OC)n1. The van der Waals surface area contributed by atoms with Gasteiger partial charge in [-0.05, 0) is 19.1 Å². The van der Waals surface area contributed by atoms with Gasteiger partial charge in [-0.3, -0.25) is 19.6 Å². The summed E-state index contributed by atoms with van der Waals surface area (Å²) >= 11 is 0. The molecule has 120 valence electrons. The molecule has 0 radical (unpaired) electrons. The molecule has 1 N–H and O–H groups in total. The van der Waals surface area contributed by atoms with Gasteiger partial charge in [-0.15, -0.1) is 0 Å². The normalized spacial score (nSPS) is 10.2. The van der Waals surface area contributed by atoms with Crippen molar-refractivity contribution in [2.45, 2.75) is 13.5 Å². The van der Waals surface area contributed by atoms with Crippen molar-refractivity contribution in [1.29, 1.82) is 0 Å². The molecule has 2 rings (SSSR count). The number of amides is 1. The van der Waals surface area contributed by atoms with Crippen LogP contribution in [0.1, 0.15) is 27.8 Å². The molecular formula is C14H14N4O5. The molecule has 9 nitrogen and oxygen atoms in total. The Kier molecular flexibility index (Phi) is 4.69. The summed E-state index contributed by atoms with van der Waals surface area (Å²) in [5.41, 5.74) is -0.401. The van der Waals surface area contributed by atoms with E-state index >= 15 is 0 Å². The number of carbonyl (C=O) groups is 2. The minimum Gasteiger partial charge on any atom is -0.465 e. The van der Waals surface area contributed by atoms with Crippen molar-refractivity contribution in [3.8, 4) is 0 Å². The third-order valence-electron chi connectivity index (χ3n) is 3.06. The Balaban J connectivity index is 2.35. The topological polar surface area (TPSA) is 116 Å². The average Bonchev–Trinajstić information content (AvgIpc) is 2.99. The van der Waals surface area contributed by atoms with Crippen LogP contribution in [0.3, 0.4) is 0 Å². The summed E-state index contributed by atoms with van der Waals surface area (Å²) in [7, 11) is 1.22. The maximum atomic E-state index is 12.3. The number of rotatable bonds is 5. The van der Waals surface area contributed by atoms with Gasteiger partial charge in [0.2, 0.25) is 5.69 Å². The van der Waals surface area contributed by atoms with Crippen LogP contribution in [0.4, 0.5) is 11.4 Å². The number of hydrogen-bond donors (Lipinski definition) is 1. The average molecular weight is 318 g/mol. The number of aryl methyl sites for hydroxylation is 1. The minimum atomic E-state index is -0.778. The molecule has 1 heterocycles. The highest BCUT2D eigenvalue weighted by atomic mass is 16.6. The third-order valence-corrected chi connectivity index (χ3v) is 3.06. The van der Waals surface area contributed by atoms with Gasteiger partial charge in [0.15, 0.2) is 0 Å². The van der Waals surface area contributed by atoms with E-state index in [0.717, 1.165) is 0 Å². The Morgan fingerprint density at radius 1 is 1.39 bits per heavy atom. The number of nitro groups is 1. The van der Waals surface area contributed by atoms with E-state index in [4.69, 9.17) is 0 Å². The van der Waals surface area contributed by atoms with Crippen molar-refractivity contribution in [3.05, 3.63) is 51.8 Å². The van der Waals surface area contributed by atoms with Gasteiger partial charge in [0.05, 0.1) is 23.3 Å². The molecule has 0 fully saturated rings. The molecule has 0 aliphatic rings. The second kappa shape index (κ2) is 6.69. The maximum Gasteiger partial charge on any atom is 0.339 e. The third kappa shape index (κ3) is 3.34. The smallest absolute Gasteiger partial charge is 0.339 e. The van der Waals surface area contributed by atoms with E-state index in [2.05, 4.69) is 15.2 Å². The lowest BCUT2D eigenvalue weighted by molar-refractivity contribution is -0.385. The number of hydrogen-bond acceptors (Lipinski definition) is 6. The molecule has 1 amide bonds. The fraction of sp³-hybridized carbons (Fsp3) is 0.214. The molecule has 2 aromatic rings. The minimum absolute atomic E-state index is 0.140. The number of nitrogens with zero attached hydrogens (tertiary/aromatic N) is 3. The first-order valence-corrected chi connectivity index (χ1v) is 6.68. The number of carbonyl (C=O) groups excluding carboxylic acids is 2. The second-order valence-electron chi connectivity index (χ2n) is 4.47. The number of nitrogens with one attached hydrogen (secondary N) is 1. The molecule has 0 unspecified atom stereocenters. The molecular weight excluding hydrogens is 304 g/mol. The Hall–Kier alpha value is -3.23. The summed E-state index contributed by atoms with van der Waals surface area (Å²) < 4.78 is 5.92. The van der Waals surface area contributed by atoms with Crippen molar-refractivity contribution in [1.82, 2.24) is 9.78 Å². The van der Waals surface area contributed by atoms with Crippen LogP contribution in [0.2, 0.25) is 0 Å². The van der Waals surface area contributed by atoms with E-state index in [1.54, 1.807) is 19.1 Å². The molecule has 1 aromatic heterocycles. The first kappa shape index (κ1) is 16.1. The van der Waals surface area contributed by atoms with Crippen LogP contribution in [-0.4, -0.2) is 33.7 Å². The van der Waals surface area contributed by atoms with E-state index in [0.29, 0.717) is 6.54 Å². The van der Waals surface area contributed by atoms with Gasteiger partial charge in [0, 0.05) is 6.54 Å². The second-order valence-corrected chi connectivity index (χ2v) is 4.47. The summed E-state index contributed by atoms with van der Waals surface area (Å²) in [4.78, 5) is 34.3. The number of ether oxygens (including phenoxy) is 1. The van der Waals surface area contributed by atoms with Crippen LogP contribution in [0.15, 0.2) is 30.5 Å². The van der Waals surface area contributed by atoms with Crippen LogP contribution in [0.25, 0.3) is 0 Å². The van der Waals surface area contributed by atoms with Gasteiger partial charge in [-0.25, -0.2) is 4.79 Å². The first-order chi connectivity index (χ1) is 11.0. The van der Waals surface area contributed by atoms with Gasteiger partial charge >= 0.3 is 11.7 Å². The summed E-state index contributed by atoms with van der Waals surface area (Å²) in [6, 6.07) is 6.19. The van der Waals surface area contributed by atoms with Crippen LogP contribution in [0.5, 0.6) is 0 Å². The van der Waals surface area contributed by atoms with Gasteiger partial charge < -0.3 is 10.1 Å². The summed E-state index contributed by atoms with van der Waals surface area (Å²) in [5.74, 6) is -1.41. The molecule has 9 heteroatoms. The van der Waals surface area contributed by atoms with Crippen LogP contribution in [0, 0.1) is 10.1 Å². The monoisotopic (exact) mass is 318 g/mol. The molecule has 0 aliphatic carbocycles. The van der Waals surface area contributed by atoms with E-state index in [1.165, 1.54) is 30.1 Å². The van der Waals surface area contributed by atoms with Crippen LogP contribution < -0.4 is 5.32 Å². The number of benzene rings is 1. The van der Waals surface area contributed by atoms with E-state index in [-0.39, 0.29) is 16.9 Å². The molecule has 0 aliphatic heterocycles. The highest BCUT2D eigenvalue weighted by Gasteiger charge is 2.26. The standard InChI is InChI=1S/C14H14N4O5/c1-3-17-8-11(18(21)22)12(16-17)13(19)15-10-7-5-4-6-9(10)14(20)23-2/h4-8H,3H2,1-2H3,(H,15,19). The van der Waals surface area contributed by atoms with E-state index in [1.807, 2.05) is 0 Å². The van der Waals surface area contributed by atoms with E-state index < -0.39 is 22.5 Å². The number of aromatic nitrogens is 2. The molecule has 23 heavy (non-hydrogen) atoms. The molecule has 0 bridgehead atoms. The fourth-order valence-electron chi connectivity index (χ4n) is 1.93. The summed E-state index contributed by atoms with van der Waals surface area (Å²) in [5, 5.41) is 17.4. The zero-order valence-electron chi connectivity index (χ0n) is 12.5. The van der Waals surface area contributed by atoms with Crippen LogP contribution >= 0.6 is 0 Å². The maximum absolute atomic E-state index is 12.3. The fourth-order valence-corrected chi connectivity index (χ4v) is 1.93. The molecule has 0 saturated heterocycles. The highest BCUT2D eigenvalue weighted by Crippen LogP contribution is 2.21. The molecule has 0 atom stereocenters. The zero-order valence-corrected chi connectivity index (χ0v) is 12.5. The predicted molar refractivity (Wildman–Crippen MR) is 80.3 cm³/mol. The van der Waals surface area contributed by atoms with Crippen molar-refractivity contribution >= 4 is 23.3 Å². The van der Waals surface area contributed by atoms with Crippen molar-refractivity contribution in [2.75, 3.05) is 12.4 Å². The lowest BCUT2D eigenvalue weighted by Crippen LogP contribution is -2.17. The van der Waals surface area contributed by atoms with Gasteiger partial charge in [0.1, 0.15) is 6.20 Å². The quantitative estimate of drug-likeness (QED) is 0.511. The van der Waals surface area contributed by atoms with Crippen molar-refractivity contribution < 1.29 is 19.2 Å². The van der Waals surface area contributed by atoms with Gasteiger partial charge in [0.25, 0.3) is 5.91 Å². The summed E-state index contributed by atoms with van der Waals surface area (Å²) in [6.07, 6.45) is 1.18. The molecule has 0 saturated carbocycles. The molecule has 1 aromatic carbocycles. The largest absolute Gasteiger partial charge is 0.465 e. The number of anilines is 1. The van der Waals surface area contributed by atoms with Crippen molar-refractivity contribution in [3.63, 3.8) is 0 Å². The first-order valence-electron chi connectivity index (χ1n) is 6.68. The number of esters is 1. The van der Waals surface area contributed by atoms with Crippen molar-refractivity contribution in [2.24, 2.45) is 0 Å². The zero-order chi connectivity index (χ0) is 17.0. The van der Waals surface area contributed by atoms with E-state index in [9.17, 15) is 19.7 Å². The Morgan fingerprint density at radius 3 is 2.70 bits per heavy atom. The lowest BCUT2D eigenvalue weighted by Gasteiger charge is -2.08. The van der Waals surface area contributed by atoms with Gasteiger partial charge in [-0.2, -0.15) is 5.10 Å². The predicted octanol–water partition coefficient (Wildman–Crippen LogP) is 1.85. The van der Waals surface area contributed by atoms with Gasteiger partial charge in [-0.1, -0.05) is 12.1 Å². The summed E-state index contributed by atoms with van der Waals surface area (Å²) in [6.45, 7) is 2.12. The lowest BCUT2D eigenvalue weighted by atomic mass is 10.1.